The zero-order valence-electron chi connectivity index (χ0n) is 16.5. The molecule has 4 nitrogen and oxygen atoms in total. The van der Waals surface area contributed by atoms with E-state index in [0.29, 0.717) is 12.8 Å². The van der Waals surface area contributed by atoms with Gasteiger partial charge < -0.3 is 0 Å². The van der Waals surface area contributed by atoms with Gasteiger partial charge in [0.2, 0.25) is 0 Å². The Morgan fingerprint density at radius 3 is 1.83 bits per heavy atom. The molecule has 1 aliphatic heterocycles. The van der Waals surface area contributed by atoms with Gasteiger partial charge in [0.25, 0.3) is 5.91 Å². The van der Waals surface area contributed by atoms with Gasteiger partial charge in [-0.15, -0.1) is 0 Å². The standard InChI is InChI=1S/C25H22N2O2.Ac/c28-25-23(15-19-11-5-9-17-7-1-3-13-21(17)19)26-24(27(25)29)16-20-12-6-10-18-8-2-4-14-22(18)20;/h1-14,23-24,26,29H,15-16H2;. The minimum atomic E-state index is -0.439. The van der Waals surface area contributed by atoms with E-state index < -0.39 is 12.2 Å². The first-order chi connectivity index (χ1) is 14.2. The first-order valence-electron chi connectivity index (χ1n) is 9.92. The van der Waals surface area contributed by atoms with Crippen LogP contribution in [0, 0.1) is 44.1 Å². The summed E-state index contributed by atoms with van der Waals surface area (Å²) in [4.78, 5) is 12.7. The molecule has 0 saturated carbocycles. The molecule has 30 heavy (non-hydrogen) atoms. The second kappa shape index (κ2) is 9.16. The third-order valence-corrected chi connectivity index (χ3v) is 5.81. The summed E-state index contributed by atoms with van der Waals surface area (Å²) >= 11 is 0. The van der Waals surface area contributed by atoms with Gasteiger partial charge in [-0.25, -0.2) is 5.06 Å². The van der Waals surface area contributed by atoms with Crippen LogP contribution < -0.4 is 5.32 Å². The summed E-state index contributed by atoms with van der Waals surface area (Å²) in [6.45, 7) is 0. The van der Waals surface area contributed by atoms with E-state index in [1.807, 2.05) is 36.4 Å². The second-order valence-electron chi connectivity index (χ2n) is 7.60. The number of nitrogens with one attached hydrogen (secondary N) is 1. The minimum Gasteiger partial charge on any atom is -0.284 e. The van der Waals surface area contributed by atoms with Crippen molar-refractivity contribution in [1.29, 1.82) is 0 Å². The average molecular weight is 609 g/mol. The fraction of sp³-hybridized carbons (Fsp3) is 0.160. The molecule has 0 aliphatic carbocycles. The number of amides is 1. The van der Waals surface area contributed by atoms with E-state index >= 15 is 0 Å². The molecular weight excluding hydrogens is 587 g/mol. The average Bonchev–Trinajstić information content (AvgIpc) is 3.02. The summed E-state index contributed by atoms with van der Waals surface area (Å²) in [6, 6.07) is 28.2. The minimum absolute atomic E-state index is 0. The molecule has 147 valence electrons. The number of fused-ring (bicyclic) bond motifs is 2. The predicted molar refractivity (Wildman–Crippen MR) is 115 cm³/mol. The Labute approximate surface area is 211 Å². The largest absolute Gasteiger partial charge is 0.284 e. The molecular formula is C25H22AcN2O2. The molecule has 4 aromatic carbocycles. The summed E-state index contributed by atoms with van der Waals surface area (Å²) in [7, 11) is 0. The van der Waals surface area contributed by atoms with Crippen LogP contribution in [0.15, 0.2) is 84.9 Å². The Kier molecular flexibility index (Phi) is 6.55. The van der Waals surface area contributed by atoms with Crippen molar-refractivity contribution in [2.75, 3.05) is 0 Å². The summed E-state index contributed by atoms with van der Waals surface area (Å²) in [5.74, 6) is -0.275. The van der Waals surface area contributed by atoms with Crippen LogP contribution in [-0.2, 0) is 17.6 Å². The van der Waals surface area contributed by atoms with Gasteiger partial charge in [-0.2, -0.15) is 0 Å². The van der Waals surface area contributed by atoms with Gasteiger partial charge in [0.1, 0.15) is 6.17 Å². The number of hydrogen-bond acceptors (Lipinski definition) is 3. The van der Waals surface area contributed by atoms with Gasteiger partial charge in [-0.1, -0.05) is 84.9 Å². The number of benzene rings is 4. The van der Waals surface area contributed by atoms with Crippen molar-refractivity contribution in [1.82, 2.24) is 10.4 Å². The van der Waals surface area contributed by atoms with E-state index in [0.717, 1.165) is 37.7 Å². The molecule has 2 atom stereocenters. The fourth-order valence-corrected chi connectivity index (χ4v) is 4.35. The normalized spacial score (nSPS) is 18.7. The maximum atomic E-state index is 12.7. The number of rotatable bonds is 4. The Hall–Kier alpha value is -1.77. The summed E-state index contributed by atoms with van der Waals surface area (Å²) in [5.41, 5.74) is 2.21. The molecule has 0 aromatic heterocycles. The first kappa shape index (κ1) is 21.5. The molecule has 5 heteroatoms. The van der Waals surface area contributed by atoms with Gasteiger partial charge in [-0.3, -0.25) is 15.3 Å². The number of carbonyl (C=O) groups excluding carboxylic acids is 1. The van der Waals surface area contributed by atoms with Gasteiger partial charge in [0, 0.05) is 50.5 Å². The van der Waals surface area contributed by atoms with Gasteiger partial charge in [-0.05, 0) is 39.1 Å². The van der Waals surface area contributed by atoms with Crippen LogP contribution in [-0.4, -0.2) is 28.4 Å². The molecule has 1 fully saturated rings. The van der Waals surface area contributed by atoms with Crippen molar-refractivity contribution >= 4 is 27.5 Å². The van der Waals surface area contributed by atoms with E-state index in [1.54, 1.807) is 0 Å². The van der Waals surface area contributed by atoms with Crippen molar-refractivity contribution in [2.24, 2.45) is 0 Å². The first-order valence-corrected chi connectivity index (χ1v) is 9.92. The number of carbonyl (C=O) groups is 1. The molecule has 0 bridgehead atoms. The summed E-state index contributed by atoms with van der Waals surface area (Å²) in [5, 5.41) is 19.3. The van der Waals surface area contributed by atoms with E-state index in [9.17, 15) is 10.0 Å². The van der Waals surface area contributed by atoms with Crippen LogP contribution in [0.2, 0.25) is 0 Å². The van der Waals surface area contributed by atoms with Crippen LogP contribution in [0.4, 0.5) is 0 Å². The van der Waals surface area contributed by atoms with Gasteiger partial charge >= 0.3 is 0 Å². The molecule has 1 radical (unpaired) electrons. The summed E-state index contributed by atoms with van der Waals surface area (Å²) in [6.07, 6.45) is 0.659. The number of hydroxylamine groups is 2. The van der Waals surface area contributed by atoms with E-state index in [2.05, 4.69) is 53.8 Å². The van der Waals surface area contributed by atoms with Crippen LogP contribution in [0.5, 0.6) is 0 Å². The molecule has 0 spiro atoms. The smallest absolute Gasteiger partial charge is 0.264 e. The zero-order valence-corrected chi connectivity index (χ0v) is 21.3. The maximum Gasteiger partial charge on any atom is 0.264 e. The molecule has 1 aliphatic rings. The van der Waals surface area contributed by atoms with Crippen LogP contribution >= 0.6 is 0 Å². The summed E-state index contributed by atoms with van der Waals surface area (Å²) < 4.78 is 0. The molecule has 2 N–H and O–H groups in total. The zero-order chi connectivity index (χ0) is 19.8. The molecule has 4 aromatic rings. The van der Waals surface area contributed by atoms with Crippen LogP contribution in [0.3, 0.4) is 0 Å². The predicted octanol–water partition coefficient (Wildman–Crippen LogP) is 4.29. The quantitative estimate of drug-likeness (QED) is 0.340. The van der Waals surface area contributed by atoms with Crippen molar-refractivity contribution < 1.29 is 54.1 Å². The number of nitrogens with zero attached hydrogens (tertiary/aromatic N) is 1. The Bertz CT molecular complexity index is 1200. The Morgan fingerprint density at radius 2 is 1.23 bits per heavy atom. The van der Waals surface area contributed by atoms with Crippen molar-refractivity contribution in [3.63, 3.8) is 0 Å². The molecule has 1 amide bonds. The third kappa shape index (κ3) is 4.05. The Balaban J connectivity index is 0.00000218. The fourth-order valence-electron chi connectivity index (χ4n) is 4.35. The van der Waals surface area contributed by atoms with E-state index in [4.69, 9.17) is 0 Å². The van der Waals surface area contributed by atoms with Gasteiger partial charge in [0.05, 0.1) is 6.04 Å². The van der Waals surface area contributed by atoms with Crippen LogP contribution in [0.1, 0.15) is 11.1 Å². The molecule has 2 unspecified atom stereocenters. The van der Waals surface area contributed by atoms with Gasteiger partial charge in [0.15, 0.2) is 0 Å². The Morgan fingerprint density at radius 1 is 0.733 bits per heavy atom. The SMILES string of the molecule is O=C1C(Cc2cccc3ccccc23)NC(Cc2cccc3ccccc23)N1O.[Ac]. The topological polar surface area (TPSA) is 52.6 Å². The monoisotopic (exact) mass is 609 g/mol. The van der Waals surface area contributed by atoms with Crippen molar-refractivity contribution in [2.45, 2.75) is 25.0 Å². The molecule has 1 saturated heterocycles. The van der Waals surface area contributed by atoms with E-state index in [1.165, 1.54) is 0 Å². The van der Waals surface area contributed by atoms with Crippen LogP contribution in [0.25, 0.3) is 21.5 Å². The third-order valence-electron chi connectivity index (χ3n) is 5.81. The molecule has 5 rings (SSSR count). The molecule has 1 heterocycles. The number of hydrogen-bond donors (Lipinski definition) is 2. The van der Waals surface area contributed by atoms with Crippen molar-refractivity contribution in [3.8, 4) is 0 Å². The maximum absolute atomic E-state index is 12.7. The van der Waals surface area contributed by atoms with Crippen molar-refractivity contribution in [3.05, 3.63) is 96.1 Å². The second-order valence-corrected chi connectivity index (χ2v) is 7.60. The van der Waals surface area contributed by atoms with E-state index in [-0.39, 0.29) is 50.0 Å².